The maximum absolute atomic E-state index is 9.07. The number of nitrogens with one attached hydrogen (secondary N) is 1. The lowest BCUT2D eigenvalue weighted by molar-refractivity contribution is 0.968. The van der Waals surface area contributed by atoms with Crippen molar-refractivity contribution in [3.8, 4) is 17.5 Å². The molecule has 0 fully saturated rings. The molecule has 0 radical (unpaired) electrons. The Kier molecular flexibility index (Phi) is 2.84. The van der Waals surface area contributed by atoms with E-state index in [1.807, 2.05) is 42.1 Å². The van der Waals surface area contributed by atoms with Gasteiger partial charge in [0.05, 0.1) is 0 Å². The van der Waals surface area contributed by atoms with Crippen LogP contribution in [0.25, 0.3) is 22.3 Å². The van der Waals surface area contributed by atoms with E-state index in [4.69, 9.17) is 5.26 Å². The molecule has 20 heavy (non-hydrogen) atoms. The molecule has 5 nitrogen and oxygen atoms in total. The fraction of sp³-hybridized carbons (Fsp3) is 0.133. The van der Waals surface area contributed by atoms with E-state index in [9.17, 15) is 0 Å². The lowest BCUT2D eigenvalue weighted by atomic mass is 10.1. The summed E-state index contributed by atoms with van der Waals surface area (Å²) in [5.41, 5.74) is 2.39. The normalized spacial score (nSPS) is 10.4. The van der Waals surface area contributed by atoms with Crippen LogP contribution in [0.3, 0.4) is 0 Å². The maximum atomic E-state index is 9.07. The van der Waals surface area contributed by atoms with Gasteiger partial charge in [0.15, 0.2) is 5.82 Å². The molecule has 3 rings (SSSR count). The number of rotatable bonds is 2. The average Bonchev–Trinajstić information content (AvgIpc) is 2.84. The van der Waals surface area contributed by atoms with Gasteiger partial charge >= 0.3 is 0 Å². The summed E-state index contributed by atoms with van der Waals surface area (Å²) < 4.78 is 2.03. The van der Waals surface area contributed by atoms with Gasteiger partial charge in [0.25, 0.3) is 0 Å². The molecular weight excluding hydrogens is 250 g/mol. The largest absolute Gasteiger partial charge is 0.373 e. The molecule has 0 aliphatic carbocycles. The molecule has 1 N–H and O–H groups in total. The van der Waals surface area contributed by atoms with Gasteiger partial charge in [-0.15, -0.1) is 0 Å². The second-order valence-electron chi connectivity index (χ2n) is 4.49. The number of nitriles is 1. The highest BCUT2D eigenvalue weighted by atomic mass is 15.0. The summed E-state index contributed by atoms with van der Waals surface area (Å²) in [6, 6.07) is 11.8. The van der Waals surface area contributed by atoms with Crippen LogP contribution in [-0.4, -0.2) is 21.6 Å². The van der Waals surface area contributed by atoms with Crippen molar-refractivity contribution in [1.82, 2.24) is 14.5 Å². The molecule has 0 aliphatic rings. The Morgan fingerprint density at radius 1 is 1.25 bits per heavy atom. The van der Waals surface area contributed by atoms with Gasteiger partial charge in [-0.3, -0.25) is 0 Å². The van der Waals surface area contributed by atoms with Gasteiger partial charge in [0.1, 0.15) is 17.6 Å². The van der Waals surface area contributed by atoms with E-state index in [1.165, 1.54) is 0 Å². The summed E-state index contributed by atoms with van der Waals surface area (Å²) >= 11 is 0. The molecule has 0 unspecified atom stereocenters. The molecule has 0 spiro atoms. The van der Waals surface area contributed by atoms with E-state index >= 15 is 0 Å². The summed E-state index contributed by atoms with van der Waals surface area (Å²) in [6.45, 7) is 0. The summed E-state index contributed by atoms with van der Waals surface area (Å²) in [6.07, 6.45) is 1.99. The molecule has 3 aromatic rings. The minimum atomic E-state index is 0.354. The fourth-order valence-corrected chi connectivity index (χ4v) is 2.27. The third kappa shape index (κ3) is 1.88. The Labute approximate surface area is 116 Å². The van der Waals surface area contributed by atoms with Crippen molar-refractivity contribution in [2.24, 2.45) is 7.05 Å². The molecule has 0 saturated carbocycles. The Bertz CT molecular complexity index is 826. The third-order valence-electron chi connectivity index (χ3n) is 3.23. The maximum Gasteiger partial charge on any atom is 0.165 e. The first kappa shape index (κ1) is 12.2. The van der Waals surface area contributed by atoms with E-state index in [1.54, 1.807) is 13.1 Å². The van der Waals surface area contributed by atoms with Crippen molar-refractivity contribution in [3.63, 3.8) is 0 Å². The molecule has 5 heteroatoms. The number of fused-ring (bicyclic) bond motifs is 1. The first-order chi connectivity index (χ1) is 9.72. The zero-order chi connectivity index (χ0) is 14.1. The summed E-state index contributed by atoms with van der Waals surface area (Å²) in [5, 5.41) is 13.1. The van der Waals surface area contributed by atoms with Gasteiger partial charge in [-0.05, 0) is 6.07 Å². The van der Waals surface area contributed by atoms with Crippen molar-refractivity contribution in [3.05, 3.63) is 42.2 Å². The number of hydrogen-bond donors (Lipinski definition) is 1. The molecular formula is C15H13N5. The number of aryl methyl sites for hydroxylation is 1. The molecule has 0 atom stereocenters. The smallest absolute Gasteiger partial charge is 0.165 e. The van der Waals surface area contributed by atoms with E-state index in [0.29, 0.717) is 17.3 Å². The lowest BCUT2D eigenvalue weighted by Crippen LogP contribution is -1.98. The minimum Gasteiger partial charge on any atom is -0.373 e. The molecule has 98 valence electrons. The molecule has 1 aromatic carbocycles. The van der Waals surface area contributed by atoms with Crippen molar-refractivity contribution in [2.75, 3.05) is 12.4 Å². The Morgan fingerprint density at radius 2 is 2.05 bits per heavy atom. The van der Waals surface area contributed by atoms with Gasteiger partial charge in [-0.25, -0.2) is 9.97 Å². The van der Waals surface area contributed by atoms with Crippen molar-refractivity contribution >= 4 is 16.7 Å². The monoisotopic (exact) mass is 263 g/mol. The van der Waals surface area contributed by atoms with E-state index in [0.717, 1.165) is 16.5 Å². The number of para-hydroxylation sites is 1. The molecule has 0 saturated heterocycles. The van der Waals surface area contributed by atoms with Crippen LogP contribution in [0.15, 0.2) is 36.5 Å². The van der Waals surface area contributed by atoms with Gasteiger partial charge in [0, 0.05) is 42.8 Å². The Balaban J connectivity index is 2.28. The molecule has 0 bridgehead atoms. The molecule has 2 aromatic heterocycles. The number of benzene rings is 1. The number of hydrogen-bond acceptors (Lipinski definition) is 4. The quantitative estimate of drug-likeness (QED) is 0.771. The highest BCUT2D eigenvalue weighted by molar-refractivity contribution is 5.94. The van der Waals surface area contributed by atoms with Gasteiger partial charge in [-0.2, -0.15) is 5.26 Å². The van der Waals surface area contributed by atoms with Gasteiger partial charge in [0.2, 0.25) is 0 Å². The summed E-state index contributed by atoms with van der Waals surface area (Å²) in [5.74, 6) is 1.20. The van der Waals surface area contributed by atoms with Crippen LogP contribution in [0.5, 0.6) is 0 Å². The zero-order valence-corrected chi connectivity index (χ0v) is 11.3. The van der Waals surface area contributed by atoms with E-state index < -0.39 is 0 Å². The van der Waals surface area contributed by atoms with Crippen LogP contribution in [0.1, 0.15) is 5.69 Å². The third-order valence-corrected chi connectivity index (χ3v) is 3.23. The first-order valence-corrected chi connectivity index (χ1v) is 6.24. The van der Waals surface area contributed by atoms with Crippen LogP contribution in [0, 0.1) is 11.3 Å². The predicted molar refractivity (Wildman–Crippen MR) is 78.2 cm³/mol. The Hall–Kier alpha value is -2.87. The van der Waals surface area contributed by atoms with Crippen LogP contribution in [0.4, 0.5) is 5.82 Å². The van der Waals surface area contributed by atoms with E-state index in [2.05, 4.69) is 21.4 Å². The van der Waals surface area contributed by atoms with Crippen molar-refractivity contribution in [1.29, 1.82) is 5.26 Å². The first-order valence-electron chi connectivity index (χ1n) is 6.24. The standard InChI is InChI=1S/C15H13N5/c1-17-14-7-10(8-16)18-15(19-14)12-9-20(2)13-6-4-3-5-11(12)13/h3-7,9H,1-2H3,(H,17,18,19). The van der Waals surface area contributed by atoms with Crippen LogP contribution in [0.2, 0.25) is 0 Å². The topological polar surface area (TPSA) is 66.5 Å². The molecule has 0 amide bonds. The summed E-state index contributed by atoms with van der Waals surface area (Å²) in [4.78, 5) is 8.75. The van der Waals surface area contributed by atoms with Gasteiger partial charge in [-0.1, -0.05) is 18.2 Å². The zero-order valence-electron chi connectivity index (χ0n) is 11.3. The highest BCUT2D eigenvalue weighted by Gasteiger charge is 2.12. The number of aromatic nitrogens is 3. The van der Waals surface area contributed by atoms with Gasteiger partial charge < -0.3 is 9.88 Å². The average molecular weight is 263 g/mol. The van der Waals surface area contributed by atoms with Crippen LogP contribution >= 0.6 is 0 Å². The lowest BCUT2D eigenvalue weighted by Gasteiger charge is -2.03. The van der Waals surface area contributed by atoms with Crippen LogP contribution < -0.4 is 5.32 Å². The molecule has 0 aliphatic heterocycles. The molecule has 2 heterocycles. The van der Waals surface area contributed by atoms with Crippen molar-refractivity contribution < 1.29 is 0 Å². The van der Waals surface area contributed by atoms with Crippen LogP contribution in [-0.2, 0) is 7.05 Å². The number of anilines is 1. The van der Waals surface area contributed by atoms with E-state index in [-0.39, 0.29) is 0 Å². The SMILES string of the molecule is CNc1cc(C#N)nc(-c2cn(C)c3ccccc23)n1. The second kappa shape index (κ2) is 4.67. The predicted octanol–water partition coefficient (Wildman–Crippen LogP) is 2.55. The minimum absolute atomic E-state index is 0.354. The Morgan fingerprint density at radius 3 is 2.80 bits per heavy atom. The van der Waals surface area contributed by atoms with Crippen molar-refractivity contribution in [2.45, 2.75) is 0 Å². The summed E-state index contributed by atoms with van der Waals surface area (Å²) in [7, 11) is 3.76. The fourth-order valence-electron chi connectivity index (χ4n) is 2.27. The number of nitrogens with zero attached hydrogens (tertiary/aromatic N) is 4. The highest BCUT2D eigenvalue weighted by Crippen LogP contribution is 2.28. The second-order valence-corrected chi connectivity index (χ2v) is 4.49.